The fraction of sp³-hybridized carbons (Fsp3) is 1.00. The van der Waals surface area contributed by atoms with E-state index in [9.17, 15) is 0 Å². The van der Waals surface area contributed by atoms with E-state index < -0.39 is 0 Å². The van der Waals surface area contributed by atoms with Crippen molar-refractivity contribution in [1.29, 1.82) is 0 Å². The largest absolute Gasteiger partial charge is 0.236 e. The summed E-state index contributed by atoms with van der Waals surface area (Å²) < 4.78 is 0. The molecule has 0 saturated heterocycles. The van der Waals surface area contributed by atoms with Gasteiger partial charge in [-0.1, -0.05) is 13.3 Å². The summed E-state index contributed by atoms with van der Waals surface area (Å²) in [7, 11) is 0. The van der Waals surface area contributed by atoms with E-state index in [0.717, 1.165) is 13.0 Å². The van der Waals surface area contributed by atoms with Crippen LogP contribution in [0.5, 0.6) is 0 Å². The zero-order chi connectivity index (χ0) is 6.53. The average Bonchev–Trinajstić information content (AvgIpc) is 2.63. The molecule has 0 N–H and O–H groups in total. The van der Waals surface area contributed by atoms with Crippen molar-refractivity contribution in [3.05, 3.63) is 0 Å². The number of hydrogen-bond acceptors (Lipinski definition) is 2. The van der Waals surface area contributed by atoms with Gasteiger partial charge >= 0.3 is 0 Å². The molecule has 1 fully saturated rings. The van der Waals surface area contributed by atoms with Crippen molar-refractivity contribution in [2.45, 2.75) is 38.7 Å². The molecule has 2 heteroatoms. The summed E-state index contributed by atoms with van der Waals surface area (Å²) >= 11 is 0. The lowest BCUT2D eigenvalue weighted by Gasteiger charge is -1.98. The fourth-order valence-electron chi connectivity index (χ4n) is 0.512. The molecule has 54 valence electrons. The second-order valence-electron chi connectivity index (χ2n) is 2.47. The average molecular weight is 130 g/mol. The van der Waals surface area contributed by atoms with Crippen molar-refractivity contribution in [2.24, 2.45) is 0 Å². The van der Waals surface area contributed by atoms with E-state index in [0.29, 0.717) is 6.10 Å². The van der Waals surface area contributed by atoms with E-state index in [4.69, 9.17) is 9.78 Å². The Morgan fingerprint density at radius 1 is 1.44 bits per heavy atom. The topological polar surface area (TPSA) is 18.5 Å². The molecule has 0 radical (unpaired) electrons. The summed E-state index contributed by atoms with van der Waals surface area (Å²) in [5, 5.41) is 0. The number of rotatable bonds is 5. The summed E-state index contributed by atoms with van der Waals surface area (Å²) in [5.41, 5.74) is 0. The molecule has 0 spiro atoms. The Morgan fingerprint density at radius 3 is 2.78 bits per heavy atom. The first-order valence-electron chi connectivity index (χ1n) is 3.71. The van der Waals surface area contributed by atoms with E-state index in [1.165, 1.54) is 19.3 Å². The highest BCUT2D eigenvalue weighted by Crippen LogP contribution is 2.23. The Labute approximate surface area is 56.1 Å². The van der Waals surface area contributed by atoms with E-state index in [1.54, 1.807) is 0 Å². The molecule has 0 atom stereocenters. The monoisotopic (exact) mass is 130 g/mol. The molecular formula is C7H14O2. The van der Waals surface area contributed by atoms with Gasteiger partial charge in [-0.3, -0.25) is 0 Å². The van der Waals surface area contributed by atoms with Crippen molar-refractivity contribution in [3.63, 3.8) is 0 Å². The molecule has 0 aromatic rings. The highest BCUT2D eigenvalue weighted by atomic mass is 17.2. The molecule has 0 heterocycles. The summed E-state index contributed by atoms with van der Waals surface area (Å²) in [6.07, 6.45) is 5.08. The van der Waals surface area contributed by atoms with Gasteiger partial charge in [0.1, 0.15) is 0 Å². The van der Waals surface area contributed by atoms with Gasteiger partial charge < -0.3 is 0 Å². The smallest absolute Gasteiger partial charge is 0.0932 e. The maximum Gasteiger partial charge on any atom is 0.0932 e. The van der Waals surface area contributed by atoms with Crippen LogP contribution in [-0.2, 0) is 9.78 Å². The first-order chi connectivity index (χ1) is 4.43. The van der Waals surface area contributed by atoms with E-state index in [1.807, 2.05) is 0 Å². The Morgan fingerprint density at radius 2 is 2.22 bits per heavy atom. The summed E-state index contributed by atoms with van der Waals surface area (Å²) in [6, 6.07) is 0. The molecule has 1 saturated carbocycles. The van der Waals surface area contributed by atoms with Gasteiger partial charge in [0.15, 0.2) is 0 Å². The molecule has 1 rings (SSSR count). The molecule has 0 amide bonds. The van der Waals surface area contributed by atoms with Crippen LogP contribution in [-0.4, -0.2) is 12.7 Å². The first kappa shape index (κ1) is 7.03. The van der Waals surface area contributed by atoms with Gasteiger partial charge in [0.05, 0.1) is 12.7 Å². The standard InChI is InChI=1S/C7H14O2/c1-2-3-6-8-9-7-4-5-7/h7H,2-6H2,1H3. The molecule has 1 aliphatic rings. The van der Waals surface area contributed by atoms with Gasteiger partial charge in [-0.05, 0) is 19.3 Å². The molecule has 0 aliphatic heterocycles. The number of hydrogen-bond donors (Lipinski definition) is 0. The summed E-state index contributed by atoms with van der Waals surface area (Å²) in [6.45, 7) is 2.90. The van der Waals surface area contributed by atoms with Crippen LogP contribution < -0.4 is 0 Å². The predicted octanol–water partition coefficient (Wildman–Crippen LogP) is 1.90. The van der Waals surface area contributed by atoms with E-state index in [-0.39, 0.29) is 0 Å². The van der Waals surface area contributed by atoms with Gasteiger partial charge in [0, 0.05) is 0 Å². The summed E-state index contributed by atoms with van der Waals surface area (Å²) in [5.74, 6) is 0. The molecule has 0 unspecified atom stereocenters. The van der Waals surface area contributed by atoms with Gasteiger partial charge in [0.25, 0.3) is 0 Å². The van der Waals surface area contributed by atoms with Crippen molar-refractivity contribution >= 4 is 0 Å². The maximum absolute atomic E-state index is 4.96. The quantitative estimate of drug-likeness (QED) is 0.321. The molecular weight excluding hydrogens is 116 g/mol. The van der Waals surface area contributed by atoms with Crippen molar-refractivity contribution in [2.75, 3.05) is 6.61 Å². The third kappa shape index (κ3) is 3.49. The van der Waals surface area contributed by atoms with Gasteiger partial charge in [-0.15, -0.1) is 0 Å². The van der Waals surface area contributed by atoms with Gasteiger partial charge in [-0.25, -0.2) is 9.78 Å². The van der Waals surface area contributed by atoms with Crippen LogP contribution in [0.4, 0.5) is 0 Å². The molecule has 1 aliphatic carbocycles. The highest BCUT2D eigenvalue weighted by molar-refractivity contribution is 4.70. The van der Waals surface area contributed by atoms with Crippen molar-refractivity contribution in [3.8, 4) is 0 Å². The van der Waals surface area contributed by atoms with E-state index in [2.05, 4.69) is 6.92 Å². The van der Waals surface area contributed by atoms with E-state index >= 15 is 0 Å². The SMILES string of the molecule is CCCCOOC1CC1. The van der Waals surface area contributed by atoms with Crippen LogP contribution in [0.3, 0.4) is 0 Å². The molecule has 2 nitrogen and oxygen atoms in total. The second-order valence-corrected chi connectivity index (χ2v) is 2.47. The minimum atomic E-state index is 0.432. The second kappa shape index (κ2) is 3.85. The summed E-state index contributed by atoms with van der Waals surface area (Å²) in [4.78, 5) is 9.85. The lowest BCUT2D eigenvalue weighted by Crippen LogP contribution is -1.97. The molecule has 0 aromatic carbocycles. The number of unbranched alkanes of at least 4 members (excludes halogenated alkanes) is 1. The Hall–Kier alpha value is -0.0800. The zero-order valence-corrected chi connectivity index (χ0v) is 5.93. The van der Waals surface area contributed by atoms with Crippen molar-refractivity contribution in [1.82, 2.24) is 0 Å². The maximum atomic E-state index is 4.96. The van der Waals surface area contributed by atoms with Crippen LogP contribution in [0.15, 0.2) is 0 Å². The Bertz CT molecular complexity index is 69.3. The molecule has 9 heavy (non-hydrogen) atoms. The fourth-order valence-corrected chi connectivity index (χ4v) is 0.512. The van der Waals surface area contributed by atoms with Crippen LogP contribution in [0.2, 0.25) is 0 Å². The van der Waals surface area contributed by atoms with Crippen LogP contribution in [0.1, 0.15) is 32.6 Å². The third-order valence-electron chi connectivity index (χ3n) is 1.31. The third-order valence-corrected chi connectivity index (χ3v) is 1.31. The minimum absolute atomic E-state index is 0.432. The zero-order valence-electron chi connectivity index (χ0n) is 5.93. The molecule has 0 bridgehead atoms. The van der Waals surface area contributed by atoms with Gasteiger partial charge in [-0.2, -0.15) is 0 Å². The highest BCUT2D eigenvalue weighted by Gasteiger charge is 2.23. The van der Waals surface area contributed by atoms with Gasteiger partial charge in [0.2, 0.25) is 0 Å². The van der Waals surface area contributed by atoms with Crippen molar-refractivity contribution < 1.29 is 9.78 Å². The Kier molecular flexibility index (Phi) is 3.01. The first-order valence-corrected chi connectivity index (χ1v) is 3.71. The molecule has 0 aromatic heterocycles. The normalized spacial score (nSPS) is 18.3. The van der Waals surface area contributed by atoms with Crippen LogP contribution in [0, 0.1) is 0 Å². The lowest BCUT2D eigenvalue weighted by molar-refractivity contribution is -0.303. The van der Waals surface area contributed by atoms with Crippen LogP contribution in [0.25, 0.3) is 0 Å². The van der Waals surface area contributed by atoms with Crippen LogP contribution >= 0.6 is 0 Å². The Balaban J connectivity index is 1.71. The lowest BCUT2D eigenvalue weighted by atomic mass is 10.4. The minimum Gasteiger partial charge on any atom is -0.236 e. The predicted molar refractivity (Wildman–Crippen MR) is 35.0 cm³/mol.